The monoisotopic (exact) mass is 832 g/mol. The van der Waals surface area contributed by atoms with E-state index in [9.17, 15) is 14.9 Å². The number of H-pyrrole nitrogens is 1. The summed E-state index contributed by atoms with van der Waals surface area (Å²) >= 11 is 2.28. The number of hydrogen-bond acceptors (Lipinski definition) is 11. The van der Waals surface area contributed by atoms with Crippen LogP contribution in [0.2, 0.25) is 0 Å². The lowest BCUT2D eigenvalue weighted by Gasteiger charge is -2.41. The molecule has 3 aliphatic rings. The van der Waals surface area contributed by atoms with Crippen LogP contribution in [0.5, 0.6) is 0 Å². The number of amides is 2. The number of nitrogens with one attached hydrogen (secondary N) is 1. The summed E-state index contributed by atoms with van der Waals surface area (Å²) < 4.78 is 8.40. The second kappa shape index (κ2) is 14.6. The maximum atomic E-state index is 12.5. The molecule has 0 radical (unpaired) electrons. The number of carboxylic acid groups (broad SMARTS) is 1. The van der Waals surface area contributed by atoms with Crippen molar-refractivity contribution in [3.63, 3.8) is 0 Å². The zero-order valence-corrected chi connectivity index (χ0v) is 32.2. The SMILES string of the molecule is C[C@H]1CN(C(=O)OC(C)(C)C)CCN1c1ncnc2c1c(I)cn2-c1cc(C#N)ccn1.O=C(O)N1CCN(c2ncnc3[nH]cc(C4CC4)c23)CC1. The number of halogens is 1. The van der Waals surface area contributed by atoms with Crippen LogP contribution in [-0.2, 0) is 4.74 Å². The number of aromatic nitrogens is 7. The van der Waals surface area contributed by atoms with Crippen LogP contribution in [-0.4, -0.2) is 119 Å². The minimum Gasteiger partial charge on any atom is -0.465 e. The van der Waals surface area contributed by atoms with E-state index in [2.05, 4.69) is 75.3 Å². The minimum atomic E-state index is -0.845. The number of rotatable bonds is 4. The van der Waals surface area contributed by atoms with Gasteiger partial charge in [0.15, 0.2) is 5.65 Å². The van der Waals surface area contributed by atoms with E-state index < -0.39 is 11.7 Å². The van der Waals surface area contributed by atoms with Gasteiger partial charge in [0.2, 0.25) is 0 Å². The highest BCUT2D eigenvalue weighted by molar-refractivity contribution is 14.1. The van der Waals surface area contributed by atoms with Crippen molar-refractivity contribution in [3.8, 4) is 11.9 Å². The molecule has 5 aromatic rings. The molecular weight excluding hydrogens is 791 g/mol. The Balaban J connectivity index is 0.000000178. The van der Waals surface area contributed by atoms with Gasteiger partial charge in [-0.05, 0) is 86.7 Å². The van der Waals surface area contributed by atoms with E-state index in [1.807, 2.05) is 37.7 Å². The number of pyridine rings is 1. The molecule has 3 fully saturated rings. The highest BCUT2D eigenvalue weighted by Crippen LogP contribution is 2.45. The van der Waals surface area contributed by atoms with Gasteiger partial charge in [-0.1, -0.05) is 0 Å². The standard InChI is InChI=1S/C22H24IN7O2.C14H17N5O2/c1-14-11-28(21(31)32-22(2,3)4)7-8-29(14)19-18-16(23)12-30(20(18)27-13-26-19)17-9-15(10-24)5-6-25-17;20-14(21)19-5-3-18(4-6-19)13-11-10(9-1-2-9)7-15-12(11)16-8-17-13/h5-6,9,12-14H,7-8,11H2,1-4H3;7-9H,1-6H2,(H,20,21)(H,15,16,17)/t14-;/m0./s1. The van der Waals surface area contributed by atoms with Crippen molar-refractivity contribution in [1.82, 2.24) is 44.3 Å². The van der Waals surface area contributed by atoms with E-state index in [1.165, 1.54) is 23.3 Å². The van der Waals surface area contributed by atoms with E-state index >= 15 is 0 Å². The molecule has 2 N–H and O–H groups in total. The first-order valence-electron chi connectivity index (χ1n) is 17.6. The maximum Gasteiger partial charge on any atom is 0.410 e. The normalized spacial score (nSPS) is 17.8. The van der Waals surface area contributed by atoms with E-state index in [-0.39, 0.29) is 12.1 Å². The molecule has 16 nitrogen and oxygen atoms in total. The fourth-order valence-corrected chi connectivity index (χ4v) is 7.58. The molecule has 1 aliphatic carbocycles. The van der Waals surface area contributed by atoms with E-state index in [0.717, 1.165) is 37.3 Å². The summed E-state index contributed by atoms with van der Waals surface area (Å²) in [6.45, 7) is 11.8. The van der Waals surface area contributed by atoms with E-state index in [1.54, 1.807) is 35.9 Å². The quantitative estimate of drug-likeness (QED) is 0.221. The molecule has 2 aliphatic heterocycles. The van der Waals surface area contributed by atoms with Gasteiger partial charge in [0, 0.05) is 74.0 Å². The molecule has 1 atom stereocenters. The fraction of sp³-hybridized carbons (Fsp3) is 0.444. The predicted molar refractivity (Wildman–Crippen MR) is 206 cm³/mol. The number of aromatic amines is 1. The number of ether oxygens (including phenoxy) is 1. The van der Waals surface area contributed by atoms with Crippen molar-refractivity contribution in [2.75, 3.05) is 55.6 Å². The van der Waals surface area contributed by atoms with Gasteiger partial charge >= 0.3 is 12.2 Å². The van der Waals surface area contributed by atoms with E-state index in [0.29, 0.717) is 63.1 Å². The molecule has 0 aromatic carbocycles. The number of anilines is 2. The molecule has 0 bridgehead atoms. The number of nitrogens with zero attached hydrogens (tertiary/aromatic N) is 11. The Labute approximate surface area is 319 Å². The van der Waals surface area contributed by atoms with Crippen LogP contribution in [0, 0.1) is 14.9 Å². The van der Waals surface area contributed by atoms with Gasteiger partial charge in [-0.3, -0.25) is 4.57 Å². The summed E-state index contributed by atoms with van der Waals surface area (Å²) in [5, 5.41) is 20.3. The molecule has 5 aromatic heterocycles. The smallest absolute Gasteiger partial charge is 0.410 e. The average Bonchev–Trinajstić information content (AvgIpc) is 3.80. The summed E-state index contributed by atoms with van der Waals surface area (Å²) in [6.07, 6.45) is 10.1. The number of fused-ring (bicyclic) bond motifs is 2. The second-order valence-electron chi connectivity index (χ2n) is 14.4. The van der Waals surface area contributed by atoms with Gasteiger partial charge in [0.25, 0.3) is 0 Å². The molecule has 8 rings (SSSR count). The lowest BCUT2D eigenvalue weighted by atomic mass is 10.1. The Morgan fingerprint density at radius 2 is 1.70 bits per heavy atom. The molecule has 276 valence electrons. The lowest BCUT2D eigenvalue weighted by Crippen LogP contribution is -2.54. The zero-order valence-electron chi connectivity index (χ0n) is 30.0. The van der Waals surface area contributed by atoms with Crippen molar-refractivity contribution in [3.05, 3.63) is 58.1 Å². The first-order valence-corrected chi connectivity index (χ1v) is 18.7. The van der Waals surface area contributed by atoms with Crippen LogP contribution in [0.4, 0.5) is 21.2 Å². The van der Waals surface area contributed by atoms with Crippen molar-refractivity contribution in [2.45, 2.75) is 58.1 Å². The number of piperazine rings is 2. The fourth-order valence-electron chi connectivity index (χ4n) is 6.81. The zero-order chi connectivity index (χ0) is 37.4. The maximum absolute atomic E-state index is 12.5. The first kappa shape index (κ1) is 36.1. The molecule has 0 spiro atoms. The summed E-state index contributed by atoms with van der Waals surface area (Å²) in [6, 6.07) is 5.61. The summed E-state index contributed by atoms with van der Waals surface area (Å²) in [5.41, 5.74) is 2.92. The third-order valence-corrected chi connectivity index (χ3v) is 10.4. The van der Waals surface area contributed by atoms with Gasteiger partial charge in [-0.15, -0.1) is 0 Å². The van der Waals surface area contributed by atoms with Gasteiger partial charge in [-0.25, -0.2) is 34.5 Å². The Morgan fingerprint density at radius 1 is 0.981 bits per heavy atom. The highest BCUT2D eigenvalue weighted by Gasteiger charge is 2.33. The van der Waals surface area contributed by atoms with Gasteiger partial charge < -0.3 is 34.4 Å². The third kappa shape index (κ3) is 7.63. The summed E-state index contributed by atoms with van der Waals surface area (Å²) in [4.78, 5) is 56.6. The molecule has 7 heterocycles. The Kier molecular flexibility index (Phi) is 9.98. The molecule has 0 unspecified atom stereocenters. The largest absolute Gasteiger partial charge is 0.465 e. The molecular formula is C36H41IN12O4. The van der Waals surface area contributed by atoms with Crippen LogP contribution < -0.4 is 9.80 Å². The van der Waals surface area contributed by atoms with Crippen LogP contribution in [0.1, 0.15) is 57.6 Å². The number of carbonyl (C=O) groups excluding carboxylic acids is 1. The number of nitriles is 1. The Hall–Kier alpha value is -5.25. The third-order valence-electron chi connectivity index (χ3n) is 9.54. The molecule has 1 saturated carbocycles. The Bertz CT molecular complexity index is 2200. The average molecular weight is 833 g/mol. The first-order chi connectivity index (χ1) is 25.4. The lowest BCUT2D eigenvalue weighted by molar-refractivity contribution is 0.0218. The highest BCUT2D eigenvalue weighted by atomic mass is 127. The van der Waals surface area contributed by atoms with E-state index in [4.69, 9.17) is 9.84 Å². The molecule has 17 heteroatoms. The van der Waals surface area contributed by atoms with Gasteiger partial charge in [0.05, 0.1) is 22.4 Å². The topological polar surface area (TPSA) is 186 Å². The van der Waals surface area contributed by atoms with Gasteiger partial charge in [-0.2, -0.15) is 5.26 Å². The van der Waals surface area contributed by atoms with Gasteiger partial charge in [0.1, 0.15) is 41.4 Å². The van der Waals surface area contributed by atoms with Crippen molar-refractivity contribution < 1.29 is 19.4 Å². The molecule has 2 saturated heterocycles. The van der Waals surface area contributed by atoms with Crippen molar-refractivity contribution >= 4 is 68.5 Å². The minimum absolute atomic E-state index is 0.0496. The second-order valence-corrected chi connectivity index (χ2v) is 15.6. The number of hydrogen-bond donors (Lipinski definition) is 2. The predicted octanol–water partition coefficient (Wildman–Crippen LogP) is 5.37. The van der Waals surface area contributed by atoms with Crippen LogP contribution in [0.25, 0.3) is 27.9 Å². The van der Waals surface area contributed by atoms with Crippen molar-refractivity contribution in [2.24, 2.45) is 0 Å². The molecule has 2 amide bonds. The summed E-state index contributed by atoms with van der Waals surface area (Å²) in [5.74, 6) is 3.02. The van der Waals surface area contributed by atoms with Crippen LogP contribution >= 0.6 is 22.6 Å². The van der Waals surface area contributed by atoms with Crippen LogP contribution in [0.3, 0.4) is 0 Å². The summed E-state index contributed by atoms with van der Waals surface area (Å²) in [7, 11) is 0. The molecule has 53 heavy (non-hydrogen) atoms. The van der Waals surface area contributed by atoms with Crippen molar-refractivity contribution in [1.29, 1.82) is 5.26 Å². The Morgan fingerprint density at radius 3 is 2.38 bits per heavy atom. The number of carbonyl (C=O) groups is 2. The van der Waals surface area contributed by atoms with Crippen LogP contribution in [0.15, 0.2) is 43.4 Å².